The molecule has 86 valence electrons. The van der Waals surface area contributed by atoms with Gasteiger partial charge in [0.25, 0.3) is 0 Å². The summed E-state index contributed by atoms with van der Waals surface area (Å²) in [5.41, 5.74) is 1.03. The molecule has 0 fully saturated rings. The second-order valence-corrected chi connectivity index (χ2v) is 5.75. The third-order valence-corrected chi connectivity index (χ3v) is 4.71. The molecule has 0 aromatic carbocycles. The Labute approximate surface area is 111 Å². The van der Waals surface area contributed by atoms with Crippen LogP contribution in [0.4, 0.5) is 0 Å². The molecule has 1 N–H and O–H groups in total. The molecule has 0 aliphatic carbocycles. The van der Waals surface area contributed by atoms with Crippen LogP contribution in [0.1, 0.15) is 23.5 Å². The summed E-state index contributed by atoms with van der Waals surface area (Å²) in [4.78, 5) is 1.35. The molecular weight excluding hydrogens is 306 g/mol. The third-order valence-electron chi connectivity index (χ3n) is 2.27. The summed E-state index contributed by atoms with van der Waals surface area (Å²) in [6, 6.07) is 2.35. The fourth-order valence-electron chi connectivity index (χ4n) is 1.51. The Bertz CT molecular complexity index is 427. The molecule has 0 spiro atoms. The molecule has 0 bridgehead atoms. The first-order valence-corrected chi connectivity index (χ1v) is 7.44. The number of aromatic nitrogens is 2. The van der Waals surface area contributed by atoms with Crippen molar-refractivity contribution in [3.05, 3.63) is 32.7 Å². The number of thiophene rings is 1. The van der Waals surface area contributed by atoms with Crippen molar-refractivity contribution in [1.29, 1.82) is 0 Å². The van der Waals surface area contributed by atoms with E-state index in [0.29, 0.717) is 0 Å². The summed E-state index contributed by atoms with van der Waals surface area (Å²) >= 11 is 6.59. The highest BCUT2D eigenvalue weighted by molar-refractivity contribution is 9.10. The zero-order valence-electron chi connectivity index (χ0n) is 8.81. The van der Waals surface area contributed by atoms with Crippen LogP contribution in [0.3, 0.4) is 0 Å². The number of rotatable bonds is 5. The van der Waals surface area contributed by atoms with Crippen molar-refractivity contribution in [3.8, 4) is 0 Å². The number of likely N-dealkylation sites (N-methyl/N-ethyl adjacent to an activating group) is 1. The second-order valence-electron chi connectivity index (χ2n) is 3.34. The molecule has 0 radical (unpaired) electrons. The Morgan fingerprint density at radius 3 is 3.00 bits per heavy atom. The minimum absolute atomic E-state index is 0.263. The second kappa shape index (κ2) is 5.86. The normalized spacial score (nSPS) is 12.9. The molecular formula is C10H12BrN3S2. The van der Waals surface area contributed by atoms with E-state index in [1.807, 2.05) is 6.20 Å². The molecule has 1 unspecified atom stereocenters. The van der Waals surface area contributed by atoms with Gasteiger partial charge in [-0.05, 0) is 33.9 Å². The van der Waals surface area contributed by atoms with Gasteiger partial charge in [-0.1, -0.05) is 6.92 Å². The van der Waals surface area contributed by atoms with Crippen LogP contribution in [-0.2, 0) is 6.42 Å². The van der Waals surface area contributed by atoms with E-state index in [0.717, 1.165) is 18.7 Å². The van der Waals surface area contributed by atoms with Gasteiger partial charge in [0.15, 0.2) is 0 Å². The summed E-state index contributed by atoms with van der Waals surface area (Å²) in [6.45, 7) is 3.04. The van der Waals surface area contributed by atoms with Gasteiger partial charge in [-0.3, -0.25) is 0 Å². The quantitative estimate of drug-likeness (QED) is 0.919. The Kier molecular flexibility index (Phi) is 4.45. The monoisotopic (exact) mass is 317 g/mol. The largest absolute Gasteiger partial charge is 0.309 e. The summed E-state index contributed by atoms with van der Waals surface area (Å²) in [5, 5.41) is 5.54. The molecule has 2 aromatic rings. The van der Waals surface area contributed by atoms with Crippen molar-refractivity contribution < 1.29 is 0 Å². The highest BCUT2D eigenvalue weighted by Crippen LogP contribution is 2.27. The first-order valence-electron chi connectivity index (χ1n) is 5.04. The van der Waals surface area contributed by atoms with Gasteiger partial charge in [-0.2, -0.15) is 8.75 Å². The summed E-state index contributed by atoms with van der Waals surface area (Å²) in [5.74, 6) is 0. The van der Waals surface area contributed by atoms with Crippen LogP contribution in [0, 0.1) is 0 Å². The van der Waals surface area contributed by atoms with Crippen molar-refractivity contribution in [2.24, 2.45) is 0 Å². The van der Waals surface area contributed by atoms with Gasteiger partial charge in [0.05, 0.1) is 29.7 Å². The molecule has 2 rings (SSSR count). The highest BCUT2D eigenvalue weighted by Gasteiger charge is 2.15. The number of hydrogen-bond acceptors (Lipinski definition) is 5. The minimum Gasteiger partial charge on any atom is -0.309 e. The van der Waals surface area contributed by atoms with E-state index in [2.05, 4.69) is 48.4 Å². The van der Waals surface area contributed by atoms with E-state index >= 15 is 0 Å². The Balaban J connectivity index is 2.12. The van der Waals surface area contributed by atoms with Gasteiger partial charge in [0.1, 0.15) is 0 Å². The first-order chi connectivity index (χ1) is 7.81. The Morgan fingerprint density at radius 1 is 1.56 bits per heavy atom. The zero-order valence-corrected chi connectivity index (χ0v) is 12.0. The molecule has 0 aliphatic rings. The van der Waals surface area contributed by atoms with Crippen molar-refractivity contribution in [3.63, 3.8) is 0 Å². The standard InChI is InChI=1S/C10H12BrN3S2/c1-2-12-8(9-6-13-16-14-9)5-10-7(11)3-4-15-10/h3-4,6,8,12H,2,5H2,1H3. The van der Waals surface area contributed by atoms with E-state index in [4.69, 9.17) is 0 Å². The van der Waals surface area contributed by atoms with Gasteiger partial charge in [0.2, 0.25) is 0 Å². The predicted octanol–water partition coefficient (Wildman–Crippen LogP) is 3.26. The average Bonchev–Trinajstić information content (AvgIpc) is 2.90. The Hall–Kier alpha value is -0.300. The lowest BCUT2D eigenvalue weighted by molar-refractivity contribution is 0.543. The average molecular weight is 318 g/mol. The van der Waals surface area contributed by atoms with E-state index in [1.165, 1.54) is 21.1 Å². The predicted molar refractivity (Wildman–Crippen MR) is 72.0 cm³/mol. The van der Waals surface area contributed by atoms with E-state index in [1.54, 1.807) is 11.3 Å². The molecule has 0 amide bonds. The van der Waals surface area contributed by atoms with Crippen LogP contribution in [0.2, 0.25) is 0 Å². The molecule has 16 heavy (non-hydrogen) atoms. The van der Waals surface area contributed by atoms with Gasteiger partial charge in [-0.15, -0.1) is 11.3 Å². The number of hydrogen-bond donors (Lipinski definition) is 1. The topological polar surface area (TPSA) is 37.8 Å². The van der Waals surface area contributed by atoms with Crippen molar-refractivity contribution in [1.82, 2.24) is 14.1 Å². The maximum Gasteiger partial charge on any atom is 0.0915 e. The summed E-state index contributed by atoms with van der Waals surface area (Å²) in [7, 11) is 0. The zero-order chi connectivity index (χ0) is 11.4. The number of nitrogens with one attached hydrogen (secondary N) is 1. The van der Waals surface area contributed by atoms with Crippen LogP contribution < -0.4 is 5.32 Å². The van der Waals surface area contributed by atoms with Crippen LogP contribution in [-0.4, -0.2) is 15.3 Å². The lowest BCUT2D eigenvalue weighted by Gasteiger charge is -2.14. The van der Waals surface area contributed by atoms with Crippen LogP contribution in [0.25, 0.3) is 0 Å². The summed E-state index contributed by atoms with van der Waals surface area (Å²) < 4.78 is 9.55. The third kappa shape index (κ3) is 2.88. The maximum atomic E-state index is 4.30. The van der Waals surface area contributed by atoms with Crippen molar-refractivity contribution in [2.75, 3.05) is 6.54 Å². The molecule has 6 heteroatoms. The fraction of sp³-hybridized carbons (Fsp3) is 0.400. The number of halogens is 1. The van der Waals surface area contributed by atoms with Gasteiger partial charge >= 0.3 is 0 Å². The molecule has 2 aromatic heterocycles. The maximum absolute atomic E-state index is 4.30. The molecule has 1 atom stereocenters. The lowest BCUT2D eigenvalue weighted by atomic mass is 10.1. The fourth-order valence-corrected chi connectivity index (χ4v) is 3.54. The van der Waals surface area contributed by atoms with Crippen LogP contribution in [0.15, 0.2) is 22.1 Å². The van der Waals surface area contributed by atoms with Crippen molar-refractivity contribution >= 4 is 39.0 Å². The van der Waals surface area contributed by atoms with E-state index < -0.39 is 0 Å². The minimum atomic E-state index is 0.263. The van der Waals surface area contributed by atoms with E-state index in [-0.39, 0.29) is 6.04 Å². The molecule has 2 heterocycles. The van der Waals surface area contributed by atoms with Gasteiger partial charge < -0.3 is 5.32 Å². The van der Waals surface area contributed by atoms with Gasteiger partial charge in [-0.25, -0.2) is 0 Å². The van der Waals surface area contributed by atoms with E-state index in [9.17, 15) is 0 Å². The molecule has 0 saturated heterocycles. The SMILES string of the molecule is CCNC(Cc1sccc1Br)c1cnsn1. The summed E-state index contributed by atoms with van der Waals surface area (Å²) in [6.07, 6.45) is 2.80. The molecule has 0 saturated carbocycles. The highest BCUT2D eigenvalue weighted by atomic mass is 79.9. The van der Waals surface area contributed by atoms with Crippen LogP contribution >= 0.6 is 39.0 Å². The number of nitrogens with zero attached hydrogens (tertiary/aromatic N) is 2. The Morgan fingerprint density at radius 2 is 2.44 bits per heavy atom. The molecule has 0 aliphatic heterocycles. The van der Waals surface area contributed by atoms with Gasteiger partial charge in [0, 0.05) is 15.8 Å². The lowest BCUT2D eigenvalue weighted by Crippen LogP contribution is -2.23. The first kappa shape index (κ1) is 12.2. The van der Waals surface area contributed by atoms with Crippen molar-refractivity contribution in [2.45, 2.75) is 19.4 Å². The van der Waals surface area contributed by atoms with Crippen LogP contribution in [0.5, 0.6) is 0 Å². The smallest absolute Gasteiger partial charge is 0.0915 e. The molecule has 3 nitrogen and oxygen atoms in total.